The average molecular weight is 597 g/mol. The summed E-state index contributed by atoms with van der Waals surface area (Å²) < 4.78 is 2.25. The smallest absolute Gasteiger partial charge is 0.145 e. The monoisotopic (exact) mass is 596 g/mol. The van der Waals surface area contributed by atoms with Crippen molar-refractivity contribution in [2.75, 3.05) is 0 Å². The van der Waals surface area contributed by atoms with Crippen molar-refractivity contribution in [2.45, 2.75) is 0 Å². The van der Waals surface area contributed by atoms with Crippen molar-refractivity contribution in [3.05, 3.63) is 170 Å². The van der Waals surface area contributed by atoms with Crippen LogP contribution in [-0.2, 0) is 0 Å². The highest BCUT2D eigenvalue weighted by Crippen LogP contribution is 2.40. The predicted molar refractivity (Wildman–Crippen MR) is 199 cm³/mol. The van der Waals surface area contributed by atoms with Crippen molar-refractivity contribution < 1.29 is 0 Å². The minimum absolute atomic E-state index is 0.947. The van der Waals surface area contributed by atoms with Gasteiger partial charge < -0.3 is 0 Å². The lowest BCUT2D eigenvalue weighted by Crippen LogP contribution is -1.97. The first-order chi connectivity index (χ1) is 23.3. The van der Waals surface area contributed by atoms with Gasteiger partial charge in [0.25, 0.3) is 0 Å². The van der Waals surface area contributed by atoms with Gasteiger partial charge in [-0.05, 0) is 120 Å². The van der Waals surface area contributed by atoms with E-state index in [0.29, 0.717) is 0 Å². The Balaban J connectivity index is 1.06. The predicted octanol–water partition coefficient (Wildman–Crippen LogP) is 12.1. The largest absolute Gasteiger partial charge is 0.292 e. The summed E-state index contributed by atoms with van der Waals surface area (Å²) in [6.45, 7) is 0. The Morgan fingerprint density at radius 1 is 0.340 bits per heavy atom. The molecule has 10 aromatic rings. The number of hydrogen-bond donors (Lipinski definition) is 0. The van der Waals surface area contributed by atoms with E-state index in [-0.39, 0.29) is 0 Å². The van der Waals surface area contributed by atoms with Gasteiger partial charge in [-0.25, -0.2) is 4.98 Å². The van der Waals surface area contributed by atoms with E-state index in [1.165, 1.54) is 65.3 Å². The summed E-state index contributed by atoms with van der Waals surface area (Å²) in [5.41, 5.74) is 9.21. The Hall–Kier alpha value is -6.25. The van der Waals surface area contributed by atoms with E-state index in [1.807, 2.05) is 6.07 Å². The number of nitrogens with zero attached hydrogens (tertiary/aromatic N) is 2. The number of imidazole rings is 1. The standard InChI is InChI=1S/C45H28N2/c1-2-10-40(11-3-1)47-42-13-7-6-12-41(42)46-45(47)31-17-14-30(15-18-31)38-25-34-20-22-36-27-39(28-37-23-21-35(26-38)43(34)44(36)37)33-19-16-29-8-4-5-9-32(29)24-33/h1-28H. The first kappa shape index (κ1) is 26.0. The highest BCUT2D eigenvalue weighted by molar-refractivity contribution is 6.24. The number of rotatable bonds is 4. The molecule has 0 N–H and O–H groups in total. The molecule has 0 unspecified atom stereocenters. The molecule has 10 rings (SSSR count). The number of benzene rings is 9. The van der Waals surface area contributed by atoms with Crippen molar-refractivity contribution in [1.29, 1.82) is 0 Å². The van der Waals surface area contributed by atoms with Gasteiger partial charge in [0.05, 0.1) is 11.0 Å². The third kappa shape index (κ3) is 4.16. The van der Waals surface area contributed by atoms with Crippen LogP contribution in [0.25, 0.3) is 93.5 Å². The average Bonchev–Trinajstić information content (AvgIpc) is 3.53. The van der Waals surface area contributed by atoms with Crippen LogP contribution in [0.2, 0.25) is 0 Å². The van der Waals surface area contributed by atoms with Gasteiger partial charge in [0.2, 0.25) is 0 Å². The molecule has 1 heterocycles. The van der Waals surface area contributed by atoms with Gasteiger partial charge in [0, 0.05) is 11.3 Å². The minimum atomic E-state index is 0.947. The van der Waals surface area contributed by atoms with Gasteiger partial charge in [-0.1, -0.05) is 115 Å². The van der Waals surface area contributed by atoms with E-state index in [2.05, 4.69) is 168 Å². The molecule has 1 aromatic heterocycles. The highest BCUT2D eigenvalue weighted by atomic mass is 15.1. The van der Waals surface area contributed by atoms with Crippen LogP contribution < -0.4 is 0 Å². The topological polar surface area (TPSA) is 17.8 Å². The Kier molecular flexibility index (Phi) is 5.61. The second-order valence-corrected chi connectivity index (χ2v) is 12.5. The fourth-order valence-corrected chi connectivity index (χ4v) is 7.41. The molecule has 0 fully saturated rings. The quantitative estimate of drug-likeness (QED) is 0.185. The van der Waals surface area contributed by atoms with Crippen molar-refractivity contribution in [1.82, 2.24) is 9.55 Å². The summed E-state index contributed by atoms with van der Waals surface area (Å²) in [6.07, 6.45) is 0. The number of hydrogen-bond acceptors (Lipinski definition) is 1. The molecule has 0 saturated carbocycles. The van der Waals surface area contributed by atoms with Gasteiger partial charge in [0.15, 0.2) is 0 Å². The van der Waals surface area contributed by atoms with Crippen LogP contribution in [0.4, 0.5) is 0 Å². The fraction of sp³-hybridized carbons (Fsp3) is 0. The zero-order valence-electron chi connectivity index (χ0n) is 25.6. The van der Waals surface area contributed by atoms with Gasteiger partial charge in [-0.2, -0.15) is 0 Å². The highest BCUT2D eigenvalue weighted by Gasteiger charge is 2.16. The molecule has 0 aliphatic rings. The van der Waals surface area contributed by atoms with Crippen LogP contribution in [0.5, 0.6) is 0 Å². The van der Waals surface area contributed by atoms with Gasteiger partial charge >= 0.3 is 0 Å². The maximum atomic E-state index is 5.06. The molecule has 0 aliphatic carbocycles. The summed E-state index contributed by atoms with van der Waals surface area (Å²) in [6, 6.07) is 61.6. The van der Waals surface area contributed by atoms with E-state index >= 15 is 0 Å². The van der Waals surface area contributed by atoms with E-state index in [1.54, 1.807) is 0 Å². The summed E-state index contributed by atoms with van der Waals surface area (Å²) in [7, 11) is 0. The first-order valence-corrected chi connectivity index (χ1v) is 16.1. The molecule has 2 nitrogen and oxygen atoms in total. The summed E-state index contributed by atoms with van der Waals surface area (Å²) in [5, 5.41) is 10.3. The second-order valence-electron chi connectivity index (χ2n) is 12.5. The normalized spacial score (nSPS) is 11.8. The van der Waals surface area contributed by atoms with Crippen LogP contribution in [-0.4, -0.2) is 9.55 Å². The van der Waals surface area contributed by atoms with Gasteiger partial charge in [-0.3, -0.25) is 4.57 Å². The molecule has 0 aliphatic heterocycles. The Morgan fingerprint density at radius 3 is 1.51 bits per heavy atom. The number of aromatic nitrogens is 2. The molecule has 0 atom stereocenters. The van der Waals surface area contributed by atoms with Crippen molar-refractivity contribution in [3.8, 4) is 39.3 Å². The van der Waals surface area contributed by atoms with Gasteiger partial charge in [-0.15, -0.1) is 0 Å². The molecular weight excluding hydrogens is 569 g/mol. The van der Waals surface area contributed by atoms with Crippen LogP contribution in [0, 0.1) is 0 Å². The van der Waals surface area contributed by atoms with E-state index < -0.39 is 0 Å². The molecule has 2 heteroatoms. The summed E-state index contributed by atoms with van der Waals surface area (Å²) >= 11 is 0. The SMILES string of the molecule is c1ccc(-n2c(-c3ccc(-c4cc5ccc6cc(-c7ccc8ccccc8c7)cc7ccc(c4)c5c67)cc3)nc3ccccc32)cc1. The van der Waals surface area contributed by atoms with Gasteiger partial charge in [0.1, 0.15) is 5.82 Å². The summed E-state index contributed by atoms with van der Waals surface area (Å²) in [5.74, 6) is 0.947. The lowest BCUT2D eigenvalue weighted by atomic mass is 9.89. The maximum absolute atomic E-state index is 5.06. The van der Waals surface area contributed by atoms with Crippen molar-refractivity contribution in [3.63, 3.8) is 0 Å². The Labute approximate surface area is 272 Å². The zero-order valence-corrected chi connectivity index (χ0v) is 25.6. The van der Waals surface area contributed by atoms with Crippen molar-refractivity contribution in [2.24, 2.45) is 0 Å². The molecule has 0 spiro atoms. The van der Waals surface area contributed by atoms with Crippen LogP contribution in [0.15, 0.2) is 170 Å². The summed E-state index contributed by atoms with van der Waals surface area (Å²) in [4.78, 5) is 5.06. The molecule has 0 bridgehead atoms. The van der Waals surface area contributed by atoms with E-state index in [9.17, 15) is 0 Å². The third-order valence-electron chi connectivity index (χ3n) is 9.67. The molecule has 0 amide bonds. The van der Waals surface area contributed by atoms with E-state index in [0.717, 1.165) is 28.1 Å². The fourth-order valence-electron chi connectivity index (χ4n) is 7.41. The molecule has 47 heavy (non-hydrogen) atoms. The number of fused-ring (bicyclic) bond motifs is 2. The van der Waals surface area contributed by atoms with E-state index in [4.69, 9.17) is 4.98 Å². The molecule has 0 radical (unpaired) electrons. The molecule has 0 saturated heterocycles. The molecule has 218 valence electrons. The lowest BCUT2D eigenvalue weighted by molar-refractivity contribution is 1.10. The van der Waals surface area contributed by atoms with Crippen LogP contribution in [0.3, 0.4) is 0 Å². The first-order valence-electron chi connectivity index (χ1n) is 16.1. The minimum Gasteiger partial charge on any atom is -0.292 e. The Morgan fingerprint density at radius 2 is 0.830 bits per heavy atom. The lowest BCUT2D eigenvalue weighted by Gasteiger charge is -2.15. The molecule has 9 aromatic carbocycles. The van der Waals surface area contributed by atoms with Crippen LogP contribution in [0.1, 0.15) is 0 Å². The second kappa shape index (κ2) is 10.1. The van der Waals surface area contributed by atoms with Crippen molar-refractivity contribution >= 4 is 54.1 Å². The number of para-hydroxylation sites is 3. The maximum Gasteiger partial charge on any atom is 0.145 e. The molecular formula is C45H28N2. The van der Waals surface area contributed by atoms with Crippen LogP contribution >= 0.6 is 0 Å². The Bertz CT molecular complexity index is 2700. The zero-order chi connectivity index (χ0) is 30.9. The third-order valence-corrected chi connectivity index (χ3v) is 9.67.